The fourth-order valence-electron chi connectivity index (χ4n) is 2.18. The predicted molar refractivity (Wildman–Crippen MR) is 118 cm³/mol. The van der Waals surface area contributed by atoms with Crippen molar-refractivity contribution in [2.45, 2.75) is 25.9 Å². The minimum atomic E-state index is -4.36. The normalized spacial score (nSPS) is 11.2. The quantitative estimate of drug-likeness (QED) is 0.269. The van der Waals surface area contributed by atoms with Gasteiger partial charge in [-0.2, -0.15) is 13.2 Å². The van der Waals surface area contributed by atoms with E-state index < -0.39 is 11.7 Å². The fraction of sp³-hybridized carbons (Fsp3) is 0.368. The van der Waals surface area contributed by atoms with E-state index >= 15 is 0 Å². The number of aryl methyl sites for hydroxylation is 1. The Labute approximate surface area is 184 Å². The standard InChI is InChI=1S/C19H21F3N4S.HI/c1-3-16-13-26-17(27-16)9-11-25-18(23-2)24-10-5-7-14-6-4-8-15(12-14)19(20,21)22;/h4,6,8,12-13H,3,9-11H2,1-2H3,(H2,23,24,25);1H. The number of hydrogen-bond donors (Lipinski definition) is 2. The average molecular weight is 522 g/mol. The maximum atomic E-state index is 12.7. The summed E-state index contributed by atoms with van der Waals surface area (Å²) in [5.74, 6) is 6.11. The molecule has 1 aromatic carbocycles. The average Bonchev–Trinajstić information content (AvgIpc) is 3.11. The van der Waals surface area contributed by atoms with Crippen LogP contribution in [-0.4, -0.2) is 31.1 Å². The number of aromatic nitrogens is 1. The van der Waals surface area contributed by atoms with Crippen LogP contribution >= 0.6 is 35.3 Å². The van der Waals surface area contributed by atoms with Crippen LogP contribution in [0.4, 0.5) is 13.2 Å². The number of benzene rings is 1. The number of nitrogens with zero attached hydrogens (tertiary/aromatic N) is 2. The van der Waals surface area contributed by atoms with Crippen molar-refractivity contribution < 1.29 is 13.2 Å². The molecule has 0 aliphatic heterocycles. The van der Waals surface area contributed by atoms with Crippen molar-refractivity contribution in [2.24, 2.45) is 4.99 Å². The first-order valence-corrected chi connectivity index (χ1v) is 9.28. The maximum Gasteiger partial charge on any atom is 0.416 e. The Morgan fingerprint density at radius 2 is 2.07 bits per heavy atom. The lowest BCUT2D eigenvalue weighted by Crippen LogP contribution is -2.38. The summed E-state index contributed by atoms with van der Waals surface area (Å²) in [6.07, 6.45) is -0.687. The molecule has 2 N–H and O–H groups in total. The van der Waals surface area contributed by atoms with Crippen molar-refractivity contribution in [3.63, 3.8) is 0 Å². The van der Waals surface area contributed by atoms with E-state index in [-0.39, 0.29) is 30.5 Å². The van der Waals surface area contributed by atoms with Gasteiger partial charge in [0.05, 0.1) is 17.1 Å². The van der Waals surface area contributed by atoms with Crippen LogP contribution in [0.3, 0.4) is 0 Å². The molecule has 0 radical (unpaired) electrons. The van der Waals surface area contributed by atoms with Crippen LogP contribution in [0, 0.1) is 11.8 Å². The molecular formula is C19H22F3IN4S. The van der Waals surface area contributed by atoms with Gasteiger partial charge in [0.15, 0.2) is 5.96 Å². The van der Waals surface area contributed by atoms with Gasteiger partial charge in [0, 0.05) is 36.7 Å². The van der Waals surface area contributed by atoms with E-state index in [0.717, 1.165) is 30.0 Å². The van der Waals surface area contributed by atoms with Crippen LogP contribution in [0.25, 0.3) is 0 Å². The molecule has 1 aromatic heterocycles. The second-order valence-electron chi connectivity index (χ2n) is 5.56. The van der Waals surface area contributed by atoms with Gasteiger partial charge < -0.3 is 10.6 Å². The van der Waals surface area contributed by atoms with Gasteiger partial charge in [0.1, 0.15) is 0 Å². The molecule has 2 rings (SSSR count). The Balaban J connectivity index is 0.00000392. The summed E-state index contributed by atoms with van der Waals surface area (Å²) in [6, 6.07) is 4.97. The SMILES string of the molecule is CCc1cnc(CCNC(=NC)NCC#Cc2cccc(C(F)(F)F)c2)s1.I. The molecule has 0 fully saturated rings. The van der Waals surface area contributed by atoms with Crippen LogP contribution in [0.15, 0.2) is 35.5 Å². The number of aliphatic imine (C=N–C) groups is 1. The summed E-state index contributed by atoms with van der Waals surface area (Å²) in [6.45, 7) is 3.05. The van der Waals surface area contributed by atoms with E-state index in [2.05, 4.69) is 39.4 Å². The van der Waals surface area contributed by atoms with Crippen LogP contribution in [0.1, 0.15) is 27.9 Å². The van der Waals surface area contributed by atoms with Gasteiger partial charge in [-0.05, 0) is 24.6 Å². The first-order valence-electron chi connectivity index (χ1n) is 8.46. The molecule has 0 unspecified atom stereocenters. The van der Waals surface area contributed by atoms with E-state index in [1.807, 2.05) is 6.20 Å². The third-order valence-corrected chi connectivity index (χ3v) is 4.77. The van der Waals surface area contributed by atoms with Crippen LogP contribution in [0.5, 0.6) is 0 Å². The molecule has 0 aliphatic rings. The third kappa shape index (κ3) is 8.06. The molecule has 0 saturated carbocycles. The maximum absolute atomic E-state index is 12.7. The lowest BCUT2D eigenvalue weighted by molar-refractivity contribution is -0.137. The molecule has 28 heavy (non-hydrogen) atoms. The number of halogens is 4. The number of hydrogen-bond acceptors (Lipinski definition) is 3. The molecule has 2 aromatic rings. The minimum Gasteiger partial charge on any atom is -0.356 e. The molecule has 0 aliphatic carbocycles. The molecule has 0 bridgehead atoms. The zero-order chi connectivity index (χ0) is 19.7. The fourth-order valence-corrected chi connectivity index (χ4v) is 3.04. The summed E-state index contributed by atoms with van der Waals surface area (Å²) >= 11 is 1.70. The molecule has 9 heteroatoms. The first-order chi connectivity index (χ1) is 12.9. The zero-order valence-corrected chi connectivity index (χ0v) is 18.7. The molecule has 152 valence electrons. The van der Waals surface area contributed by atoms with Crippen molar-refractivity contribution in [1.29, 1.82) is 0 Å². The topological polar surface area (TPSA) is 49.3 Å². The Hall–Kier alpha value is -1.80. The number of nitrogens with one attached hydrogen (secondary N) is 2. The van der Waals surface area contributed by atoms with Crippen molar-refractivity contribution in [3.05, 3.63) is 51.5 Å². The molecule has 4 nitrogen and oxygen atoms in total. The Kier molecular flexibility index (Phi) is 10.3. The van der Waals surface area contributed by atoms with Gasteiger partial charge in [0.25, 0.3) is 0 Å². The molecule has 0 amide bonds. The van der Waals surface area contributed by atoms with Gasteiger partial charge in [0.2, 0.25) is 0 Å². The van der Waals surface area contributed by atoms with Gasteiger partial charge in [-0.1, -0.05) is 24.8 Å². The molecule has 0 saturated heterocycles. The van der Waals surface area contributed by atoms with Crippen molar-refractivity contribution in [3.8, 4) is 11.8 Å². The van der Waals surface area contributed by atoms with Crippen molar-refractivity contribution >= 4 is 41.3 Å². The van der Waals surface area contributed by atoms with E-state index in [4.69, 9.17) is 0 Å². The Morgan fingerprint density at radius 3 is 2.71 bits per heavy atom. The number of rotatable bonds is 5. The van der Waals surface area contributed by atoms with E-state index in [9.17, 15) is 13.2 Å². The van der Waals surface area contributed by atoms with Gasteiger partial charge in [-0.25, -0.2) is 4.98 Å². The molecule has 1 heterocycles. The van der Waals surface area contributed by atoms with Gasteiger partial charge in [-0.15, -0.1) is 35.3 Å². The van der Waals surface area contributed by atoms with E-state index in [0.29, 0.717) is 18.1 Å². The summed E-state index contributed by atoms with van der Waals surface area (Å²) in [5.41, 5.74) is -0.377. The zero-order valence-electron chi connectivity index (χ0n) is 15.6. The number of alkyl halides is 3. The third-order valence-electron chi connectivity index (χ3n) is 3.57. The Bertz CT molecular complexity index is 837. The summed E-state index contributed by atoms with van der Waals surface area (Å²) < 4.78 is 38.0. The highest BCUT2D eigenvalue weighted by Gasteiger charge is 2.30. The summed E-state index contributed by atoms with van der Waals surface area (Å²) in [7, 11) is 1.65. The van der Waals surface area contributed by atoms with Crippen molar-refractivity contribution in [1.82, 2.24) is 15.6 Å². The summed E-state index contributed by atoms with van der Waals surface area (Å²) in [5, 5.41) is 7.24. The molecular weight excluding hydrogens is 500 g/mol. The lowest BCUT2D eigenvalue weighted by Gasteiger charge is -2.08. The predicted octanol–water partition coefficient (Wildman–Crippen LogP) is 4.10. The largest absolute Gasteiger partial charge is 0.416 e. The lowest BCUT2D eigenvalue weighted by atomic mass is 10.1. The highest BCUT2D eigenvalue weighted by molar-refractivity contribution is 14.0. The highest BCUT2D eigenvalue weighted by atomic mass is 127. The van der Waals surface area contributed by atoms with E-state index in [1.54, 1.807) is 24.5 Å². The first kappa shape index (κ1) is 24.2. The van der Waals surface area contributed by atoms with Crippen molar-refractivity contribution in [2.75, 3.05) is 20.1 Å². The van der Waals surface area contributed by atoms with E-state index in [1.165, 1.54) is 10.9 Å². The summed E-state index contributed by atoms with van der Waals surface area (Å²) in [4.78, 5) is 9.71. The second kappa shape index (κ2) is 11.9. The smallest absolute Gasteiger partial charge is 0.356 e. The molecule has 0 spiro atoms. The molecule has 0 atom stereocenters. The van der Waals surface area contributed by atoms with Crippen LogP contribution < -0.4 is 10.6 Å². The van der Waals surface area contributed by atoms with Crippen LogP contribution in [-0.2, 0) is 19.0 Å². The van der Waals surface area contributed by atoms with Crippen LogP contribution in [0.2, 0.25) is 0 Å². The van der Waals surface area contributed by atoms with Gasteiger partial charge in [-0.3, -0.25) is 4.99 Å². The number of guanidine groups is 1. The highest BCUT2D eigenvalue weighted by Crippen LogP contribution is 2.29. The monoisotopic (exact) mass is 522 g/mol. The Morgan fingerprint density at radius 1 is 1.29 bits per heavy atom. The second-order valence-corrected chi connectivity index (χ2v) is 6.76. The number of thiazole rings is 1. The minimum absolute atomic E-state index is 0. The van der Waals surface area contributed by atoms with Gasteiger partial charge >= 0.3 is 6.18 Å².